The van der Waals surface area contributed by atoms with Crippen LogP contribution in [0, 0.1) is 0 Å². The summed E-state index contributed by atoms with van der Waals surface area (Å²) in [4.78, 5) is 52.6. The smallest absolute Gasteiger partial charge is 0.413 e. The number of sulfone groups is 1. The van der Waals surface area contributed by atoms with Crippen LogP contribution in [0.4, 0.5) is 20.2 Å². The number of hydrogen-bond acceptors (Lipinski definition) is 10. The first-order valence-electron chi connectivity index (χ1n) is 18.7. The monoisotopic (exact) mass is 784 g/mol. The number of rotatable bonds is 14. The van der Waals surface area contributed by atoms with Crippen molar-refractivity contribution in [3.8, 4) is 0 Å². The second kappa shape index (κ2) is 17.4. The number of hydrogen-bond donors (Lipinski definition) is 1. The molecule has 15 heteroatoms. The van der Waals surface area contributed by atoms with E-state index in [0.29, 0.717) is 48.3 Å². The quantitative estimate of drug-likeness (QED) is 0.0893. The van der Waals surface area contributed by atoms with E-state index in [1.165, 1.54) is 4.90 Å². The van der Waals surface area contributed by atoms with Crippen molar-refractivity contribution in [1.82, 2.24) is 24.3 Å². The number of benzene rings is 3. The molecule has 1 aliphatic heterocycles. The number of aryl methyl sites for hydroxylation is 1. The van der Waals surface area contributed by atoms with Crippen molar-refractivity contribution < 1.29 is 37.0 Å². The largest absolute Gasteiger partial charge is 0.445 e. The molecule has 5 aromatic rings. The number of fused-ring (bicyclic) bond motifs is 3. The fourth-order valence-corrected chi connectivity index (χ4v) is 7.92. The van der Waals surface area contributed by atoms with Crippen LogP contribution in [0.25, 0.3) is 21.9 Å². The van der Waals surface area contributed by atoms with Crippen LogP contribution in [0.1, 0.15) is 57.5 Å². The summed E-state index contributed by atoms with van der Waals surface area (Å²) in [6.45, 7) is 8.47. The maximum absolute atomic E-state index is 13.4. The number of ether oxygens (including phenoxy) is 3. The third kappa shape index (κ3) is 10.1. The molecule has 0 spiro atoms. The Kier molecular flexibility index (Phi) is 12.4. The van der Waals surface area contributed by atoms with Gasteiger partial charge < -0.3 is 28.6 Å². The highest BCUT2D eigenvalue weighted by Gasteiger charge is 2.41. The molecule has 2 aromatic heterocycles. The molecule has 0 saturated carbocycles. The van der Waals surface area contributed by atoms with Gasteiger partial charge in [-0.1, -0.05) is 78.9 Å². The molecule has 1 fully saturated rings. The first-order chi connectivity index (χ1) is 26.8. The summed E-state index contributed by atoms with van der Waals surface area (Å²) in [7, 11) is -3.19. The molecule has 6 rings (SSSR count). The van der Waals surface area contributed by atoms with E-state index in [-0.39, 0.29) is 43.6 Å². The van der Waals surface area contributed by atoms with Gasteiger partial charge in [-0.25, -0.2) is 32.8 Å². The zero-order chi connectivity index (χ0) is 39.9. The summed E-state index contributed by atoms with van der Waals surface area (Å²) >= 11 is 0. The predicted octanol–water partition coefficient (Wildman–Crippen LogP) is 7.31. The normalized spacial score (nSPS) is 13.9. The van der Waals surface area contributed by atoms with Gasteiger partial charge in [0, 0.05) is 25.0 Å². The lowest BCUT2D eigenvalue weighted by molar-refractivity contribution is 0.0181. The van der Waals surface area contributed by atoms with Gasteiger partial charge in [0.2, 0.25) is 0 Å². The van der Waals surface area contributed by atoms with E-state index in [0.717, 1.165) is 16.5 Å². The van der Waals surface area contributed by atoms with Crippen LogP contribution in [0.15, 0.2) is 84.9 Å². The number of aromatic nitrogens is 3. The maximum Gasteiger partial charge on any atom is 0.413 e. The number of unbranched alkanes of at least 4 members (excludes halogenated alkanes) is 1. The lowest BCUT2D eigenvalue weighted by Crippen LogP contribution is -2.56. The highest BCUT2D eigenvalue weighted by molar-refractivity contribution is 7.92. The lowest BCUT2D eigenvalue weighted by atomic mass is 10.1. The number of nitrogens with zero attached hydrogens (tertiary/aromatic N) is 5. The molecule has 1 aliphatic rings. The minimum Gasteiger partial charge on any atom is -0.445 e. The van der Waals surface area contributed by atoms with Crippen LogP contribution in [0.5, 0.6) is 0 Å². The predicted molar refractivity (Wildman–Crippen MR) is 213 cm³/mol. The van der Waals surface area contributed by atoms with Crippen LogP contribution in [0.2, 0.25) is 0 Å². The lowest BCUT2D eigenvalue weighted by Gasteiger charge is -2.37. The van der Waals surface area contributed by atoms with Crippen LogP contribution in [-0.4, -0.2) is 87.3 Å². The minimum absolute atomic E-state index is 0.0622. The Morgan fingerprint density at radius 1 is 0.839 bits per heavy atom. The highest BCUT2D eigenvalue weighted by Crippen LogP contribution is 2.32. The van der Waals surface area contributed by atoms with Crippen molar-refractivity contribution in [2.24, 2.45) is 0 Å². The number of carbonyl (C=O) groups excluding carboxylic acids is 3. The van der Waals surface area contributed by atoms with E-state index in [2.05, 4.69) is 5.32 Å². The van der Waals surface area contributed by atoms with Crippen molar-refractivity contribution in [1.29, 1.82) is 0 Å². The molecule has 3 aromatic carbocycles. The van der Waals surface area contributed by atoms with Gasteiger partial charge in [0.25, 0.3) is 0 Å². The van der Waals surface area contributed by atoms with Crippen molar-refractivity contribution in [2.75, 3.05) is 29.9 Å². The summed E-state index contributed by atoms with van der Waals surface area (Å²) in [5.74, 6) is 0.539. The number of anilines is 1. The van der Waals surface area contributed by atoms with E-state index in [1.54, 1.807) is 25.7 Å². The Labute approximate surface area is 326 Å². The number of nitrogens with one attached hydrogen (secondary N) is 1. The summed E-state index contributed by atoms with van der Waals surface area (Å²) in [6, 6.07) is 25.8. The Bertz CT molecular complexity index is 2260. The van der Waals surface area contributed by atoms with Gasteiger partial charge in [-0.15, -0.1) is 0 Å². The summed E-state index contributed by atoms with van der Waals surface area (Å²) in [5.41, 5.74) is 2.67. The van der Waals surface area contributed by atoms with E-state index < -0.39 is 39.8 Å². The SMILES string of the molecule is CCN(Cc1nc2c(NC(=O)OCc3ccccc3)nc3ccccc3c2n1CCCCN(C(=O)OC(C)(C)C)C1CS(=O)(=O)C1)C(=O)OCc1ccccc1. The molecule has 296 valence electrons. The Morgan fingerprint density at radius 2 is 1.46 bits per heavy atom. The van der Waals surface area contributed by atoms with Crippen LogP contribution in [-0.2, 0) is 50.4 Å². The molecule has 0 aliphatic carbocycles. The average molecular weight is 785 g/mol. The summed E-state index contributed by atoms with van der Waals surface area (Å²) in [5, 5.41) is 3.59. The highest BCUT2D eigenvalue weighted by atomic mass is 32.2. The van der Waals surface area contributed by atoms with Crippen molar-refractivity contribution in [3.63, 3.8) is 0 Å². The molecular formula is C41H48N6O8S. The second-order valence-electron chi connectivity index (χ2n) is 14.7. The van der Waals surface area contributed by atoms with E-state index in [4.69, 9.17) is 24.2 Å². The fourth-order valence-electron chi connectivity index (χ4n) is 6.49. The van der Waals surface area contributed by atoms with Crippen LogP contribution in [0.3, 0.4) is 0 Å². The Hall–Kier alpha value is -5.70. The summed E-state index contributed by atoms with van der Waals surface area (Å²) in [6.07, 6.45) is -0.685. The Morgan fingerprint density at radius 3 is 2.09 bits per heavy atom. The number of amides is 3. The average Bonchev–Trinajstić information content (AvgIpc) is 3.52. The molecule has 14 nitrogen and oxygen atoms in total. The third-order valence-corrected chi connectivity index (χ3v) is 11.1. The van der Waals surface area contributed by atoms with Gasteiger partial charge >= 0.3 is 18.3 Å². The molecular weight excluding hydrogens is 737 g/mol. The molecule has 0 atom stereocenters. The van der Waals surface area contributed by atoms with Gasteiger partial charge in [-0.3, -0.25) is 5.32 Å². The Balaban J connectivity index is 1.29. The minimum atomic E-state index is -3.19. The summed E-state index contributed by atoms with van der Waals surface area (Å²) < 4.78 is 43.0. The second-order valence-corrected chi connectivity index (χ2v) is 16.9. The third-order valence-electron chi connectivity index (χ3n) is 9.27. The molecule has 0 unspecified atom stereocenters. The first-order valence-corrected chi connectivity index (χ1v) is 20.5. The van der Waals surface area contributed by atoms with Gasteiger partial charge in [0.05, 0.1) is 35.1 Å². The van der Waals surface area contributed by atoms with Gasteiger partial charge in [-0.2, -0.15) is 0 Å². The van der Waals surface area contributed by atoms with E-state index >= 15 is 0 Å². The molecule has 1 N–H and O–H groups in total. The molecule has 0 bridgehead atoms. The van der Waals surface area contributed by atoms with E-state index in [9.17, 15) is 22.8 Å². The topological polar surface area (TPSA) is 162 Å². The van der Waals surface area contributed by atoms with E-state index in [1.807, 2.05) is 96.4 Å². The molecule has 1 saturated heterocycles. The fraction of sp³-hybridized carbons (Fsp3) is 0.390. The zero-order valence-corrected chi connectivity index (χ0v) is 33.0. The van der Waals surface area contributed by atoms with Gasteiger partial charge in [-0.05, 0) is 57.7 Å². The number of pyridine rings is 1. The standard InChI is InChI=1S/C41H48N6O8S/c1-5-45(39(49)54-26-30-18-10-7-11-19-30)24-34-43-35-36(47(34)23-15-14-22-46(31-27-56(51,52)28-31)40(50)55-41(2,3)4)32-20-12-13-21-33(32)42-37(35)44-38(48)53-25-29-16-8-6-9-17-29/h6-13,16-21,31H,5,14-15,22-28H2,1-4H3,(H,42,44,48). The van der Waals surface area contributed by atoms with Crippen molar-refractivity contribution in [2.45, 2.75) is 78.5 Å². The molecule has 3 heterocycles. The van der Waals surface area contributed by atoms with Crippen molar-refractivity contribution in [3.05, 3.63) is 102 Å². The van der Waals surface area contributed by atoms with Gasteiger partial charge in [0.1, 0.15) is 30.2 Å². The molecule has 56 heavy (non-hydrogen) atoms. The number of carbonyl (C=O) groups is 3. The first kappa shape index (κ1) is 40.0. The molecule has 0 radical (unpaired) electrons. The molecule has 3 amide bonds. The van der Waals surface area contributed by atoms with Crippen molar-refractivity contribution >= 4 is 55.9 Å². The maximum atomic E-state index is 13.4. The number of para-hydroxylation sites is 1. The van der Waals surface area contributed by atoms with Crippen LogP contribution >= 0.6 is 0 Å². The van der Waals surface area contributed by atoms with Gasteiger partial charge in [0.15, 0.2) is 15.7 Å². The zero-order valence-electron chi connectivity index (χ0n) is 32.1. The number of imidazole rings is 1. The van der Waals surface area contributed by atoms with Crippen LogP contribution < -0.4 is 5.32 Å².